The molecule has 0 radical (unpaired) electrons. The molecule has 4 heteroatoms. The Morgan fingerprint density at radius 3 is 2.65 bits per heavy atom. The van der Waals surface area contributed by atoms with Gasteiger partial charge in [-0.15, -0.1) is 12.4 Å². The Kier molecular flexibility index (Phi) is 6.03. The molecule has 112 valence electrons. The van der Waals surface area contributed by atoms with Crippen molar-refractivity contribution < 1.29 is 4.79 Å². The molecule has 2 N–H and O–H groups in total. The molecule has 1 atom stereocenters. The van der Waals surface area contributed by atoms with Crippen LogP contribution >= 0.6 is 12.4 Å². The fraction of sp³-hybridized carbons (Fsp3) is 0.562. The quantitative estimate of drug-likeness (QED) is 0.898. The monoisotopic (exact) mass is 296 g/mol. The Morgan fingerprint density at radius 1 is 1.35 bits per heavy atom. The largest absolute Gasteiger partial charge is 0.326 e. The highest BCUT2D eigenvalue weighted by Crippen LogP contribution is 2.29. The van der Waals surface area contributed by atoms with Crippen LogP contribution in [0.25, 0.3) is 0 Å². The summed E-state index contributed by atoms with van der Waals surface area (Å²) in [5.41, 5.74) is 2.18. The fourth-order valence-electron chi connectivity index (χ4n) is 2.60. The first-order valence-corrected chi connectivity index (χ1v) is 7.07. The summed E-state index contributed by atoms with van der Waals surface area (Å²) in [7, 11) is 0. The van der Waals surface area contributed by atoms with Gasteiger partial charge in [0.1, 0.15) is 0 Å². The van der Waals surface area contributed by atoms with Gasteiger partial charge in [0.05, 0.1) is 0 Å². The first-order valence-electron chi connectivity index (χ1n) is 7.07. The van der Waals surface area contributed by atoms with Crippen molar-refractivity contribution in [3.63, 3.8) is 0 Å². The number of carbonyl (C=O) groups is 1. The van der Waals surface area contributed by atoms with Crippen molar-refractivity contribution in [1.82, 2.24) is 5.32 Å². The lowest BCUT2D eigenvalue weighted by atomic mass is 9.86. The summed E-state index contributed by atoms with van der Waals surface area (Å²) in [5, 5.41) is 6.37. The molecule has 0 spiro atoms. The van der Waals surface area contributed by atoms with E-state index in [1.165, 1.54) is 5.56 Å². The molecule has 0 saturated carbocycles. The fourth-order valence-corrected chi connectivity index (χ4v) is 2.60. The van der Waals surface area contributed by atoms with Gasteiger partial charge >= 0.3 is 0 Å². The summed E-state index contributed by atoms with van der Waals surface area (Å²) < 4.78 is 0. The molecule has 2 rings (SSSR count). The number of halogens is 1. The van der Waals surface area contributed by atoms with Crippen molar-refractivity contribution in [3.8, 4) is 0 Å². The second-order valence-electron chi connectivity index (χ2n) is 6.41. The second-order valence-corrected chi connectivity index (χ2v) is 6.41. The molecule has 1 unspecified atom stereocenters. The highest BCUT2D eigenvalue weighted by atomic mass is 35.5. The number of rotatable bonds is 3. The van der Waals surface area contributed by atoms with E-state index >= 15 is 0 Å². The van der Waals surface area contributed by atoms with E-state index in [1.54, 1.807) is 0 Å². The molecule has 1 heterocycles. The normalized spacial score (nSPS) is 18.4. The van der Waals surface area contributed by atoms with Crippen LogP contribution in [-0.4, -0.2) is 19.0 Å². The summed E-state index contributed by atoms with van der Waals surface area (Å²) in [6, 6.07) is 8.08. The van der Waals surface area contributed by atoms with Crippen molar-refractivity contribution in [2.24, 2.45) is 5.92 Å². The average molecular weight is 297 g/mol. The van der Waals surface area contributed by atoms with Gasteiger partial charge in [-0.3, -0.25) is 4.79 Å². The maximum absolute atomic E-state index is 12.1. The second kappa shape index (κ2) is 7.09. The van der Waals surface area contributed by atoms with Crippen molar-refractivity contribution in [2.45, 2.75) is 39.0 Å². The van der Waals surface area contributed by atoms with Gasteiger partial charge in [0.2, 0.25) is 5.91 Å². The molecule has 0 aromatic heterocycles. The van der Waals surface area contributed by atoms with E-state index in [2.05, 4.69) is 37.5 Å². The predicted molar refractivity (Wildman–Crippen MR) is 86.6 cm³/mol. The SMILES string of the molecule is CC(C)(C)c1ccccc1NC(=O)CC1CCNC1.Cl. The number of hydrogen-bond acceptors (Lipinski definition) is 2. The first kappa shape index (κ1) is 17.0. The number of para-hydroxylation sites is 1. The van der Waals surface area contributed by atoms with Gasteiger partial charge in [0, 0.05) is 12.1 Å². The summed E-state index contributed by atoms with van der Waals surface area (Å²) in [4.78, 5) is 12.1. The van der Waals surface area contributed by atoms with E-state index in [9.17, 15) is 4.79 Å². The molecule has 1 aliphatic rings. The van der Waals surface area contributed by atoms with E-state index in [4.69, 9.17) is 0 Å². The van der Waals surface area contributed by atoms with Crippen molar-refractivity contribution >= 4 is 24.0 Å². The zero-order chi connectivity index (χ0) is 13.9. The molecule has 1 aromatic carbocycles. The third-order valence-corrected chi connectivity index (χ3v) is 3.65. The first-order chi connectivity index (χ1) is 8.97. The summed E-state index contributed by atoms with van der Waals surface area (Å²) in [6.45, 7) is 8.50. The van der Waals surface area contributed by atoms with Gasteiger partial charge < -0.3 is 10.6 Å². The van der Waals surface area contributed by atoms with Crippen LogP contribution in [0.4, 0.5) is 5.69 Å². The molecular formula is C16H25ClN2O. The molecule has 1 fully saturated rings. The molecule has 1 amide bonds. The Hall–Kier alpha value is -1.06. The standard InChI is InChI=1S/C16H24N2O.ClH/c1-16(2,3)13-6-4-5-7-14(13)18-15(19)10-12-8-9-17-11-12;/h4-7,12,17H,8-11H2,1-3H3,(H,18,19);1H. The van der Waals surface area contributed by atoms with Crippen LogP contribution in [0.3, 0.4) is 0 Å². The maximum atomic E-state index is 12.1. The number of amides is 1. The van der Waals surface area contributed by atoms with Gasteiger partial charge in [-0.25, -0.2) is 0 Å². The third-order valence-electron chi connectivity index (χ3n) is 3.65. The molecule has 1 aromatic rings. The lowest BCUT2D eigenvalue weighted by Crippen LogP contribution is -2.21. The lowest BCUT2D eigenvalue weighted by molar-refractivity contribution is -0.116. The van der Waals surface area contributed by atoms with Crippen LogP contribution in [0.15, 0.2) is 24.3 Å². The van der Waals surface area contributed by atoms with Crippen molar-refractivity contribution in [1.29, 1.82) is 0 Å². The average Bonchev–Trinajstić information content (AvgIpc) is 2.81. The van der Waals surface area contributed by atoms with Crippen LogP contribution in [0, 0.1) is 5.92 Å². The minimum Gasteiger partial charge on any atom is -0.326 e. The van der Waals surface area contributed by atoms with Crippen LogP contribution in [0.2, 0.25) is 0 Å². The molecule has 0 bridgehead atoms. The smallest absolute Gasteiger partial charge is 0.224 e. The molecular weight excluding hydrogens is 272 g/mol. The number of hydrogen-bond donors (Lipinski definition) is 2. The van der Waals surface area contributed by atoms with E-state index in [-0.39, 0.29) is 23.7 Å². The topological polar surface area (TPSA) is 41.1 Å². The summed E-state index contributed by atoms with van der Waals surface area (Å²) >= 11 is 0. The van der Waals surface area contributed by atoms with Crippen LogP contribution in [0.5, 0.6) is 0 Å². The molecule has 0 aliphatic carbocycles. The van der Waals surface area contributed by atoms with Gasteiger partial charge in [0.25, 0.3) is 0 Å². The predicted octanol–water partition coefficient (Wildman–Crippen LogP) is 3.34. The molecule has 3 nitrogen and oxygen atoms in total. The summed E-state index contributed by atoms with van der Waals surface area (Å²) in [5.74, 6) is 0.618. The van der Waals surface area contributed by atoms with E-state index in [1.807, 2.05) is 18.2 Å². The van der Waals surface area contributed by atoms with Gasteiger partial charge in [0.15, 0.2) is 0 Å². The van der Waals surface area contributed by atoms with E-state index in [0.29, 0.717) is 12.3 Å². The number of carbonyl (C=O) groups excluding carboxylic acids is 1. The van der Waals surface area contributed by atoms with Crippen LogP contribution in [-0.2, 0) is 10.2 Å². The number of nitrogens with one attached hydrogen (secondary N) is 2. The Morgan fingerprint density at radius 2 is 2.05 bits per heavy atom. The third kappa shape index (κ3) is 4.50. The van der Waals surface area contributed by atoms with Gasteiger partial charge in [-0.05, 0) is 42.5 Å². The molecule has 1 saturated heterocycles. The minimum absolute atomic E-state index is 0. The van der Waals surface area contributed by atoms with Crippen LogP contribution in [0.1, 0.15) is 39.2 Å². The minimum atomic E-state index is 0. The van der Waals surface area contributed by atoms with E-state index in [0.717, 1.165) is 25.2 Å². The Balaban J connectivity index is 0.00000200. The Bertz CT molecular complexity index is 448. The highest BCUT2D eigenvalue weighted by molar-refractivity contribution is 5.91. The van der Waals surface area contributed by atoms with Gasteiger partial charge in [-0.2, -0.15) is 0 Å². The maximum Gasteiger partial charge on any atom is 0.224 e. The van der Waals surface area contributed by atoms with Crippen molar-refractivity contribution in [3.05, 3.63) is 29.8 Å². The van der Waals surface area contributed by atoms with Crippen molar-refractivity contribution in [2.75, 3.05) is 18.4 Å². The lowest BCUT2D eigenvalue weighted by Gasteiger charge is -2.23. The van der Waals surface area contributed by atoms with Gasteiger partial charge in [-0.1, -0.05) is 39.0 Å². The van der Waals surface area contributed by atoms with Crippen LogP contribution < -0.4 is 10.6 Å². The summed E-state index contributed by atoms with van der Waals surface area (Å²) in [6.07, 6.45) is 1.72. The number of benzene rings is 1. The Labute approximate surface area is 127 Å². The molecule has 1 aliphatic heterocycles. The zero-order valence-corrected chi connectivity index (χ0v) is 13.3. The zero-order valence-electron chi connectivity index (χ0n) is 12.5. The highest BCUT2D eigenvalue weighted by Gasteiger charge is 2.21. The van der Waals surface area contributed by atoms with E-state index < -0.39 is 0 Å². The number of anilines is 1. The molecule has 20 heavy (non-hydrogen) atoms.